The normalized spacial score (nSPS) is 23.4. The molecule has 0 spiro atoms. The molecule has 4 rings (SSSR count). The minimum absolute atomic E-state index is 0.0953. The summed E-state index contributed by atoms with van der Waals surface area (Å²) in [6.07, 6.45) is 4.81. The smallest absolute Gasteiger partial charge is 0.261 e. The first-order valence-corrected chi connectivity index (χ1v) is 11.0. The maximum absolute atomic E-state index is 12.5. The van der Waals surface area contributed by atoms with Gasteiger partial charge in [-0.15, -0.1) is 0 Å². The van der Waals surface area contributed by atoms with Crippen molar-refractivity contribution in [3.8, 4) is 5.75 Å². The molecule has 2 aromatic rings. The summed E-state index contributed by atoms with van der Waals surface area (Å²) >= 11 is 0. The molecule has 2 fully saturated rings. The highest BCUT2D eigenvalue weighted by Crippen LogP contribution is 2.44. The van der Waals surface area contributed by atoms with Gasteiger partial charge in [0, 0.05) is 17.3 Å². The van der Waals surface area contributed by atoms with Crippen molar-refractivity contribution in [2.75, 3.05) is 11.8 Å². The van der Waals surface area contributed by atoms with E-state index in [1.165, 1.54) is 38.5 Å². The Labute approximate surface area is 165 Å². The zero-order valence-electron chi connectivity index (χ0n) is 15.7. The number of rotatable bonds is 6. The predicted molar refractivity (Wildman–Crippen MR) is 107 cm³/mol. The molecule has 0 unspecified atom stereocenters. The summed E-state index contributed by atoms with van der Waals surface area (Å²) in [4.78, 5) is 12.6. The van der Waals surface area contributed by atoms with E-state index in [1.807, 2.05) is 0 Å². The van der Waals surface area contributed by atoms with Gasteiger partial charge in [0.15, 0.2) is 0 Å². The molecule has 28 heavy (non-hydrogen) atoms. The number of anilines is 1. The molecule has 1 amide bonds. The van der Waals surface area contributed by atoms with Crippen molar-refractivity contribution in [3.63, 3.8) is 0 Å². The van der Waals surface area contributed by atoms with Crippen molar-refractivity contribution in [1.82, 2.24) is 5.32 Å². The molecule has 0 aromatic heterocycles. The molecular formula is C21H24N2O4S. The second kappa shape index (κ2) is 7.47. The number of methoxy groups -OCH3 is 1. The Kier molecular flexibility index (Phi) is 5.02. The van der Waals surface area contributed by atoms with E-state index in [9.17, 15) is 13.2 Å². The highest BCUT2D eigenvalue weighted by atomic mass is 32.2. The van der Waals surface area contributed by atoms with Gasteiger partial charge in [-0.1, -0.05) is 6.42 Å². The van der Waals surface area contributed by atoms with Gasteiger partial charge in [-0.3, -0.25) is 9.52 Å². The number of hydrogen-bond acceptors (Lipinski definition) is 4. The van der Waals surface area contributed by atoms with Crippen LogP contribution in [0.15, 0.2) is 53.4 Å². The molecule has 2 saturated carbocycles. The van der Waals surface area contributed by atoms with E-state index in [2.05, 4.69) is 10.0 Å². The van der Waals surface area contributed by atoms with Crippen LogP contribution >= 0.6 is 0 Å². The Morgan fingerprint density at radius 2 is 1.71 bits per heavy atom. The van der Waals surface area contributed by atoms with E-state index >= 15 is 0 Å². The minimum atomic E-state index is -3.70. The van der Waals surface area contributed by atoms with E-state index in [1.54, 1.807) is 36.4 Å². The van der Waals surface area contributed by atoms with Crippen LogP contribution in [0.4, 0.5) is 5.69 Å². The van der Waals surface area contributed by atoms with Gasteiger partial charge in [0.2, 0.25) is 0 Å². The van der Waals surface area contributed by atoms with Gasteiger partial charge in [-0.05, 0) is 79.6 Å². The number of carbonyl (C=O) groups excluding carboxylic acids is 1. The SMILES string of the molecule is COc1ccc(S(=O)(=O)Nc2ccc(C(=O)N[C@@H]3C[C@H]4CC[C@@H]3C4)cc2)cc1. The first-order chi connectivity index (χ1) is 13.4. The number of ether oxygens (including phenoxy) is 1. The quantitative estimate of drug-likeness (QED) is 0.778. The van der Waals surface area contributed by atoms with Gasteiger partial charge >= 0.3 is 0 Å². The van der Waals surface area contributed by atoms with Crippen LogP contribution in [0.1, 0.15) is 36.0 Å². The fourth-order valence-corrected chi connectivity index (χ4v) is 5.39. The van der Waals surface area contributed by atoms with Crippen molar-refractivity contribution in [3.05, 3.63) is 54.1 Å². The van der Waals surface area contributed by atoms with Gasteiger partial charge in [-0.25, -0.2) is 8.42 Å². The van der Waals surface area contributed by atoms with Crippen molar-refractivity contribution in [2.24, 2.45) is 11.8 Å². The highest BCUT2D eigenvalue weighted by Gasteiger charge is 2.40. The number of hydrogen-bond donors (Lipinski definition) is 2. The average molecular weight is 401 g/mol. The van der Waals surface area contributed by atoms with Crippen LogP contribution < -0.4 is 14.8 Å². The molecule has 7 heteroatoms. The molecular weight excluding hydrogens is 376 g/mol. The Balaban J connectivity index is 1.40. The monoisotopic (exact) mass is 400 g/mol. The van der Waals surface area contributed by atoms with Crippen LogP contribution in [0.5, 0.6) is 5.75 Å². The Morgan fingerprint density at radius 1 is 1.00 bits per heavy atom. The van der Waals surface area contributed by atoms with Gasteiger partial charge in [0.05, 0.1) is 12.0 Å². The first kappa shape index (κ1) is 18.8. The molecule has 2 bridgehead atoms. The van der Waals surface area contributed by atoms with Crippen LogP contribution in [0.3, 0.4) is 0 Å². The van der Waals surface area contributed by atoms with Crippen molar-refractivity contribution in [2.45, 2.75) is 36.6 Å². The Morgan fingerprint density at radius 3 is 2.29 bits per heavy atom. The lowest BCUT2D eigenvalue weighted by Gasteiger charge is -2.22. The second-order valence-corrected chi connectivity index (χ2v) is 9.30. The fraction of sp³-hybridized carbons (Fsp3) is 0.381. The Hall–Kier alpha value is -2.54. The maximum Gasteiger partial charge on any atom is 0.261 e. The number of nitrogens with one attached hydrogen (secondary N) is 2. The Bertz CT molecular complexity index is 955. The lowest BCUT2D eigenvalue weighted by molar-refractivity contribution is 0.0923. The van der Waals surface area contributed by atoms with Gasteiger partial charge in [-0.2, -0.15) is 0 Å². The molecule has 6 nitrogen and oxygen atoms in total. The molecule has 0 radical (unpaired) electrons. The van der Waals surface area contributed by atoms with Crippen LogP contribution in [0, 0.1) is 11.8 Å². The number of carbonyl (C=O) groups is 1. The zero-order valence-corrected chi connectivity index (χ0v) is 16.5. The summed E-state index contributed by atoms with van der Waals surface area (Å²) in [7, 11) is -2.18. The summed E-state index contributed by atoms with van der Waals surface area (Å²) in [5.74, 6) is 1.88. The van der Waals surface area contributed by atoms with Crippen LogP contribution in [0.25, 0.3) is 0 Å². The largest absolute Gasteiger partial charge is 0.497 e. The van der Waals surface area contributed by atoms with E-state index in [0.717, 1.165) is 12.3 Å². The molecule has 2 aliphatic carbocycles. The standard InChI is InChI=1S/C21H24N2O4S/c1-27-18-8-10-19(11-9-18)28(25,26)23-17-6-4-15(5-7-17)21(24)22-20-13-14-2-3-16(20)12-14/h4-11,14,16,20,23H,2-3,12-13H2,1H3,(H,22,24)/t14-,16+,20+/m0/s1. The number of amides is 1. The van der Waals surface area contributed by atoms with Crippen LogP contribution in [0.2, 0.25) is 0 Å². The van der Waals surface area contributed by atoms with Crippen molar-refractivity contribution >= 4 is 21.6 Å². The summed E-state index contributed by atoms with van der Waals surface area (Å²) in [5, 5.41) is 3.14. The molecule has 3 atom stereocenters. The van der Waals surface area contributed by atoms with Crippen molar-refractivity contribution < 1.29 is 17.9 Å². The van der Waals surface area contributed by atoms with Gasteiger partial charge in [0.1, 0.15) is 5.75 Å². The topological polar surface area (TPSA) is 84.5 Å². The van der Waals surface area contributed by atoms with Crippen LogP contribution in [-0.2, 0) is 10.0 Å². The maximum atomic E-state index is 12.5. The third-order valence-corrected chi connectivity index (χ3v) is 7.22. The van der Waals surface area contributed by atoms with E-state index < -0.39 is 10.0 Å². The lowest BCUT2D eigenvalue weighted by atomic mass is 9.95. The summed E-state index contributed by atoms with van der Waals surface area (Å²) in [5.41, 5.74) is 0.947. The average Bonchev–Trinajstić information content (AvgIpc) is 3.31. The van der Waals surface area contributed by atoms with Crippen molar-refractivity contribution in [1.29, 1.82) is 0 Å². The lowest BCUT2D eigenvalue weighted by Crippen LogP contribution is -2.38. The van der Waals surface area contributed by atoms with E-state index in [-0.39, 0.29) is 16.8 Å². The third-order valence-electron chi connectivity index (χ3n) is 5.82. The van der Waals surface area contributed by atoms with Gasteiger partial charge in [0.25, 0.3) is 15.9 Å². The van der Waals surface area contributed by atoms with Gasteiger partial charge < -0.3 is 10.1 Å². The predicted octanol–water partition coefficient (Wildman–Crippen LogP) is 3.41. The molecule has 0 saturated heterocycles. The molecule has 148 valence electrons. The summed E-state index contributed by atoms with van der Waals surface area (Å²) in [6.45, 7) is 0. The molecule has 2 aromatic carbocycles. The molecule has 0 aliphatic heterocycles. The van der Waals surface area contributed by atoms with Crippen LogP contribution in [-0.4, -0.2) is 27.5 Å². The second-order valence-electron chi connectivity index (χ2n) is 7.61. The third kappa shape index (κ3) is 3.85. The first-order valence-electron chi connectivity index (χ1n) is 9.52. The minimum Gasteiger partial charge on any atom is -0.497 e. The number of fused-ring (bicyclic) bond motifs is 2. The zero-order chi connectivity index (χ0) is 19.7. The molecule has 0 heterocycles. The fourth-order valence-electron chi connectivity index (χ4n) is 4.33. The number of sulfonamides is 1. The van der Waals surface area contributed by atoms with E-state index in [0.29, 0.717) is 22.9 Å². The highest BCUT2D eigenvalue weighted by molar-refractivity contribution is 7.92. The summed E-state index contributed by atoms with van der Waals surface area (Å²) < 4.78 is 32.6. The van der Waals surface area contributed by atoms with E-state index in [4.69, 9.17) is 4.74 Å². The molecule has 2 aliphatic rings. The summed E-state index contributed by atoms with van der Waals surface area (Å²) in [6, 6.07) is 12.9. The number of benzene rings is 2. The molecule has 2 N–H and O–H groups in total.